The first-order chi connectivity index (χ1) is 10.2. The third-order valence-corrected chi connectivity index (χ3v) is 5.42. The predicted molar refractivity (Wildman–Crippen MR) is 85.9 cm³/mol. The predicted octanol–water partition coefficient (Wildman–Crippen LogP) is 4.37. The molecule has 0 radical (unpaired) electrons. The molecule has 0 bridgehead atoms. The SMILES string of the molecule is OC1(CNC(c2ccco2)c2ccc(Cl)s2)CCCCC1. The summed E-state index contributed by atoms with van der Waals surface area (Å²) in [5.41, 5.74) is -0.593. The Morgan fingerprint density at radius 1 is 1.29 bits per heavy atom. The summed E-state index contributed by atoms with van der Waals surface area (Å²) in [6, 6.07) is 7.70. The van der Waals surface area contributed by atoms with Gasteiger partial charge in [-0.2, -0.15) is 0 Å². The van der Waals surface area contributed by atoms with Crippen LogP contribution >= 0.6 is 22.9 Å². The molecule has 0 saturated heterocycles. The van der Waals surface area contributed by atoms with E-state index in [1.807, 2.05) is 24.3 Å². The summed E-state index contributed by atoms with van der Waals surface area (Å²) in [5.74, 6) is 0.855. The molecule has 1 fully saturated rings. The fourth-order valence-corrected chi connectivity index (χ4v) is 4.10. The maximum Gasteiger partial charge on any atom is 0.126 e. The number of furan rings is 1. The van der Waals surface area contributed by atoms with E-state index in [2.05, 4.69) is 5.32 Å². The van der Waals surface area contributed by atoms with Crippen LogP contribution in [0, 0.1) is 0 Å². The summed E-state index contributed by atoms with van der Waals surface area (Å²) in [6.07, 6.45) is 6.86. The summed E-state index contributed by atoms with van der Waals surface area (Å²) in [5, 5.41) is 14.1. The molecule has 1 unspecified atom stereocenters. The number of nitrogens with one attached hydrogen (secondary N) is 1. The molecule has 3 nitrogen and oxygen atoms in total. The Labute approximate surface area is 133 Å². The van der Waals surface area contributed by atoms with E-state index in [4.69, 9.17) is 16.0 Å². The first-order valence-electron chi connectivity index (χ1n) is 7.41. The molecule has 0 aliphatic heterocycles. The van der Waals surface area contributed by atoms with Crippen molar-refractivity contribution in [2.45, 2.75) is 43.7 Å². The molecule has 3 rings (SSSR count). The summed E-state index contributed by atoms with van der Waals surface area (Å²) >= 11 is 7.59. The lowest BCUT2D eigenvalue weighted by atomic mass is 9.84. The Hall–Kier alpha value is -0.810. The van der Waals surface area contributed by atoms with Crippen LogP contribution in [0.1, 0.15) is 48.8 Å². The maximum atomic E-state index is 10.7. The Balaban J connectivity index is 1.74. The van der Waals surface area contributed by atoms with E-state index in [0.717, 1.165) is 40.7 Å². The molecule has 0 spiro atoms. The lowest BCUT2D eigenvalue weighted by Gasteiger charge is -2.33. The summed E-state index contributed by atoms with van der Waals surface area (Å²) in [6.45, 7) is 0.577. The van der Waals surface area contributed by atoms with Crippen molar-refractivity contribution < 1.29 is 9.52 Å². The van der Waals surface area contributed by atoms with Gasteiger partial charge in [-0.3, -0.25) is 0 Å². The maximum absolute atomic E-state index is 10.7. The first-order valence-corrected chi connectivity index (χ1v) is 8.60. The average molecular weight is 326 g/mol. The average Bonchev–Trinajstić information content (AvgIpc) is 3.12. The number of halogens is 1. The second-order valence-electron chi connectivity index (χ2n) is 5.76. The second kappa shape index (κ2) is 6.53. The standard InChI is InChI=1S/C16H20ClNO2S/c17-14-7-6-13(21-14)15(12-5-4-10-20-12)18-11-16(19)8-2-1-3-9-16/h4-7,10,15,18-19H,1-3,8-9,11H2. The zero-order valence-corrected chi connectivity index (χ0v) is 13.4. The van der Waals surface area contributed by atoms with E-state index < -0.39 is 5.60 Å². The van der Waals surface area contributed by atoms with Gasteiger partial charge in [-0.15, -0.1) is 11.3 Å². The molecule has 21 heavy (non-hydrogen) atoms. The number of rotatable bonds is 5. The molecule has 5 heteroatoms. The van der Waals surface area contributed by atoms with Crippen molar-refractivity contribution in [1.29, 1.82) is 0 Å². The van der Waals surface area contributed by atoms with Gasteiger partial charge in [-0.25, -0.2) is 0 Å². The van der Waals surface area contributed by atoms with Crippen LogP contribution in [0.15, 0.2) is 34.9 Å². The highest BCUT2D eigenvalue weighted by Crippen LogP contribution is 2.33. The highest BCUT2D eigenvalue weighted by molar-refractivity contribution is 7.16. The topological polar surface area (TPSA) is 45.4 Å². The molecule has 2 aromatic heterocycles. The minimum absolute atomic E-state index is 0.0524. The molecule has 2 N–H and O–H groups in total. The molecular weight excluding hydrogens is 306 g/mol. The lowest BCUT2D eigenvalue weighted by Crippen LogP contribution is -2.43. The van der Waals surface area contributed by atoms with Crippen LogP contribution in [-0.4, -0.2) is 17.3 Å². The van der Waals surface area contributed by atoms with E-state index >= 15 is 0 Å². The van der Waals surface area contributed by atoms with Crippen molar-refractivity contribution in [2.24, 2.45) is 0 Å². The second-order valence-corrected chi connectivity index (χ2v) is 7.50. The van der Waals surface area contributed by atoms with Gasteiger partial charge >= 0.3 is 0 Å². The van der Waals surface area contributed by atoms with E-state index in [0.29, 0.717) is 6.54 Å². The quantitative estimate of drug-likeness (QED) is 0.858. The minimum atomic E-state index is -0.593. The molecule has 1 saturated carbocycles. The highest BCUT2D eigenvalue weighted by atomic mass is 35.5. The Morgan fingerprint density at radius 2 is 2.10 bits per heavy atom. The minimum Gasteiger partial charge on any atom is -0.467 e. The van der Waals surface area contributed by atoms with Crippen molar-refractivity contribution in [3.8, 4) is 0 Å². The molecule has 2 aromatic rings. The highest BCUT2D eigenvalue weighted by Gasteiger charge is 2.30. The number of hydrogen-bond acceptors (Lipinski definition) is 4. The fourth-order valence-electron chi connectivity index (χ4n) is 2.96. The van der Waals surface area contributed by atoms with E-state index in [9.17, 15) is 5.11 Å². The van der Waals surface area contributed by atoms with Gasteiger partial charge in [-0.1, -0.05) is 30.9 Å². The normalized spacial score (nSPS) is 19.5. The van der Waals surface area contributed by atoms with Gasteiger partial charge in [0.1, 0.15) is 11.8 Å². The van der Waals surface area contributed by atoms with Gasteiger partial charge in [-0.05, 0) is 37.1 Å². The van der Waals surface area contributed by atoms with Gasteiger partial charge in [0.25, 0.3) is 0 Å². The van der Waals surface area contributed by atoms with Crippen LogP contribution in [0.25, 0.3) is 0 Å². The van der Waals surface area contributed by atoms with Crippen molar-refractivity contribution in [1.82, 2.24) is 5.32 Å². The van der Waals surface area contributed by atoms with Gasteiger partial charge < -0.3 is 14.8 Å². The fraction of sp³-hybridized carbons (Fsp3) is 0.500. The summed E-state index contributed by atoms with van der Waals surface area (Å²) in [7, 11) is 0. The van der Waals surface area contributed by atoms with Crippen LogP contribution < -0.4 is 5.32 Å². The molecule has 1 aliphatic carbocycles. The van der Waals surface area contributed by atoms with E-state index in [-0.39, 0.29) is 6.04 Å². The third kappa shape index (κ3) is 3.69. The molecule has 0 amide bonds. The van der Waals surface area contributed by atoms with Gasteiger partial charge in [0, 0.05) is 11.4 Å². The van der Waals surface area contributed by atoms with Crippen molar-refractivity contribution in [2.75, 3.05) is 6.54 Å². The lowest BCUT2D eigenvalue weighted by molar-refractivity contribution is 0.00316. The number of hydrogen-bond donors (Lipinski definition) is 2. The van der Waals surface area contributed by atoms with Crippen LogP contribution in [0.5, 0.6) is 0 Å². The molecule has 1 atom stereocenters. The van der Waals surface area contributed by atoms with Crippen LogP contribution in [0.2, 0.25) is 4.34 Å². The molecular formula is C16H20ClNO2S. The Bertz CT molecular complexity index is 561. The molecule has 2 heterocycles. The van der Waals surface area contributed by atoms with Crippen molar-refractivity contribution in [3.05, 3.63) is 45.5 Å². The van der Waals surface area contributed by atoms with Gasteiger partial charge in [0.05, 0.1) is 16.2 Å². The Morgan fingerprint density at radius 3 is 2.71 bits per heavy atom. The monoisotopic (exact) mass is 325 g/mol. The Kier molecular flexibility index (Phi) is 4.69. The largest absolute Gasteiger partial charge is 0.467 e. The van der Waals surface area contributed by atoms with E-state index in [1.165, 1.54) is 6.42 Å². The zero-order chi connectivity index (χ0) is 14.7. The van der Waals surface area contributed by atoms with Crippen LogP contribution in [-0.2, 0) is 0 Å². The van der Waals surface area contributed by atoms with Crippen LogP contribution in [0.3, 0.4) is 0 Å². The van der Waals surface area contributed by atoms with Gasteiger partial charge in [0.15, 0.2) is 0 Å². The van der Waals surface area contributed by atoms with Gasteiger partial charge in [0.2, 0.25) is 0 Å². The molecule has 0 aromatic carbocycles. The number of thiophene rings is 1. The third-order valence-electron chi connectivity index (χ3n) is 4.13. The first kappa shape index (κ1) is 15.1. The smallest absolute Gasteiger partial charge is 0.126 e. The van der Waals surface area contributed by atoms with E-state index in [1.54, 1.807) is 17.6 Å². The number of aliphatic hydroxyl groups is 1. The van der Waals surface area contributed by atoms with Crippen LogP contribution in [0.4, 0.5) is 0 Å². The zero-order valence-electron chi connectivity index (χ0n) is 11.8. The molecule has 114 valence electrons. The van der Waals surface area contributed by atoms with Crippen molar-refractivity contribution >= 4 is 22.9 Å². The molecule has 1 aliphatic rings. The summed E-state index contributed by atoms with van der Waals surface area (Å²) < 4.78 is 6.32. The summed E-state index contributed by atoms with van der Waals surface area (Å²) in [4.78, 5) is 1.11. The van der Waals surface area contributed by atoms with Crippen molar-refractivity contribution in [3.63, 3.8) is 0 Å².